The Kier molecular flexibility index (Phi) is 4.64. The molecule has 3 aromatic rings. The van der Waals surface area contributed by atoms with Crippen molar-refractivity contribution in [1.29, 1.82) is 0 Å². The van der Waals surface area contributed by atoms with E-state index in [1.807, 2.05) is 0 Å². The molecule has 0 bridgehead atoms. The van der Waals surface area contributed by atoms with Crippen LogP contribution in [0.4, 0.5) is 11.4 Å². The van der Waals surface area contributed by atoms with Crippen molar-refractivity contribution in [2.24, 2.45) is 0 Å². The number of aryl methyl sites for hydroxylation is 1. The molecule has 3 aromatic carbocycles. The number of hydrogen-bond donors (Lipinski definition) is 2. The fraction of sp³-hybridized carbons (Fsp3) is 0.0556. The molecule has 3 rings (SSSR count). The zero-order valence-electron chi connectivity index (χ0n) is 14.0. The zero-order valence-corrected chi connectivity index (χ0v) is 14.9. The Morgan fingerprint density at radius 2 is 1.74 bits per heavy atom. The van der Waals surface area contributed by atoms with Gasteiger partial charge < -0.3 is 5.32 Å². The van der Waals surface area contributed by atoms with Crippen molar-refractivity contribution in [3.05, 3.63) is 75.8 Å². The number of nitro groups is 1. The van der Waals surface area contributed by atoms with Crippen LogP contribution in [0.25, 0.3) is 10.8 Å². The Hall–Kier alpha value is -3.30. The predicted octanol–water partition coefficient (Wildman–Crippen LogP) is 3.56. The van der Waals surface area contributed by atoms with Crippen LogP contribution in [-0.2, 0) is 10.1 Å². The van der Waals surface area contributed by atoms with Gasteiger partial charge in [-0.1, -0.05) is 30.3 Å². The van der Waals surface area contributed by atoms with E-state index in [1.165, 1.54) is 36.4 Å². The molecule has 0 aliphatic rings. The quantitative estimate of drug-likeness (QED) is 0.401. The van der Waals surface area contributed by atoms with Gasteiger partial charge in [0.05, 0.1) is 4.92 Å². The monoisotopic (exact) mass is 386 g/mol. The van der Waals surface area contributed by atoms with E-state index in [9.17, 15) is 27.9 Å². The number of hydrogen-bond acceptors (Lipinski definition) is 5. The van der Waals surface area contributed by atoms with Crippen molar-refractivity contribution < 1.29 is 22.7 Å². The van der Waals surface area contributed by atoms with Crippen LogP contribution < -0.4 is 5.32 Å². The molecule has 138 valence electrons. The Bertz CT molecular complexity index is 1190. The van der Waals surface area contributed by atoms with Gasteiger partial charge in [0.15, 0.2) is 0 Å². The Labute approximate surface area is 154 Å². The Morgan fingerprint density at radius 3 is 2.37 bits per heavy atom. The average molecular weight is 386 g/mol. The molecule has 0 saturated heterocycles. The minimum absolute atomic E-state index is 0.0928. The summed E-state index contributed by atoms with van der Waals surface area (Å²) < 4.78 is 32.4. The molecule has 0 heterocycles. The minimum Gasteiger partial charge on any atom is -0.321 e. The summed E-state index contributed by atoms with van der Waals surface area (Å²) in [4.78, 5) is 22.7. The number of nitro benzene ring substituents is 1. The van der Waals surface area contributed by atoms with Gasteiger partial charge in [0.2, 0.25) is 0 Å². The molecule has 0 aliphatic carbocycles. The van der Waals surface area contributed by atoms with Crippen LogP contribution in [0, 0.1) is 17.0 Å². The van der Waals surface area contributed by atoms with Crippen molar-refractivity contribution in [2.75, 3.05) is 5.32 Å². The molecular formula is C18H14N2O6S. The lowest BCUT2D eigenvalue weighted by Crippen LogP contribution is -2.13. The molecule has 0 radical (unpaired) electrons. The van der Waals surface area contributed by atoms with E-state index in [0.29, 0.717) is 16.6 Å². The summed E-state index contributed by atoms with van der Waals surface area (Å²) in [6, 6.07) is 13.0. The second-order valence-corrected chi connectivity index (χ2v) is 7.23. The normalized spacial score (nSPS) is 11.3. The Morgan fingerprint density at radius 1 is 1.07 bits per heavy atom. The third-order valence-electron chi connectivity index (χ3n) is 4.08. The van der Waals surface area contributed by atoms with Gasteiger partial charge in [0.1, 0.15) is 4.90 Å². The van der Waals surface area contributed by atoms with Crippen molar-refractivity contribution in [2.45, 2.75) is 11.8 Å². The number of rotatable bonds is 4. The summed E-state index contributed by atoms with van der Waals surface area (Å²) in [7, 11) is -4.43. The number of nitrogens with zero attached hydrogens (tertiary/aromatic N) is 1. The second kappa shape index (κ2) is 6.78. The first-order chi connectivity index (χ1) is 12.7. The SMILES string of the molecule is Cc1ccc(C(=O)Nc2ccc(S(=O)(=O)O)c3ccccc23)cc1[N+](=O)[O-]. The third kappa shape index (κ3) is 3.64. The molecule has 0 spiro atoms. The highest BCUT2D eigenvalue weighted by atomic mass is 32.2. The fourth-order valence-corrected chi connectivity index (χ4v) is 3.44. The van der Waals surface area contributed by atoms with Crippen molar-refractivity contribution in [3.8, 4) is 0 Å². The van der Waals surface area contributed by atoms with E-state index >= 15 is 0 Å². The average Bonchev–Trinajstić information content (AvgIpc) is 2.61. The number of amides is 1. The van der Waals surface area contributed by atoms with Gasteiger partial charge in [-0.15, -0.1) is 0 Å². The van der Waals surface area contributed by atoms with Gasteiger partial charge in [0.25, 0.3) is 21.7 Å². The maximum absolute atomic E-state index is 12.5. The third-order valence-corrected chi connectivity index (χ3v) is 4.99. The van der Waals surface area contributed by atoms with Gasteiger partial charge in [-0.3, -0.25) is 19.5 Å². The molecule has 0 fully saturated rings. The van der Waals surface area contributed by atoms with Crippen LogP contribution in [0.3, 0.4) is 0 Å². The maximum atomic E-state index is 12.5. The Balaban J connectivity index is 2.04. The number of carbonyl (C=O) groups excluding carboxylic acids is 1. The molecule has 1 amide bonds. The number of fused-ring (bicyclic) bond motifs is 1. The first kappa shape index (κ1) is 18.5. The van der Waals surface area contributed by atoms with Crippen LogP contribution in [-0.4, -0.2) is 23.8 Å². The van der Waals surface area contributed by atoms with Crippen LogP contribution in [0.1, 0.15) is 15.9 Å². The topological polar surface area (TPSA) is 127 Å². The van der Waals surface area contributed by atoms with Gasteiger partial charge >= 0.3 is 0 Å². The highest BCUT2D eigenvalue weighted by Gasteiger charge is 2.18. The summed E-state index contributed by atoms with van der Waals surface area (Å²) in [6.07, 6.45) is 0. The van der Waals surface area contributed by atoms with Gasteiger partial charge in [0, 0.05) is 33.7 Å². The highest BCUT2D eigenvalue weighted by molar-refractivity contribution is 7.86. The number of anilines is 1. The first-order valence-corrected chi connectivity index (χ1v) is 9.18. The first-order valence-electron chi connectivity index (χ1n) is 7.74. The van der Waals surface area contributed by atoms with Crippen LogP contribution in [0.5, 0.6) is 0 Å². The van der Waals surface area contributed by atoms with E-state index in [-0.39, 0.29) is 21.5 Å². The second-order valence-electron chi connectivity index (χ2n) is 5.84. The van der Waals surface area contributed by atoms with Crippen LogP contribution >= 0.6 is 0 Å². The molecule has 8 nitrogen and oxygen atoms in total. The summed E-state index contributed by atoms with van der Waals surface area (Å²) in [6.45, 7) is 1.57. The number of benzene rings is 3. The lowest BCUT2D eigenvalue weighted by Gasteiger charge is -2.11. The molecular weight excluding hydrogens is 372 g/mol. The van der Waals surface area contributed by atoms with Gasteiger partial charge in [-0.2, -0.15) is 8.42 Å². The summed E-state index contributed by atoms with van der Waals surface area (Å²) in [5, 5.41) is 14.3. The van der Waals surface area contributed by atoms with Gasteiger partial charge in [-0.05, 0) is 25.1 Å². The summed E-state index contributed by atoms with van der Waals surface area (Å²) in [5.41, 5.74) is 0.662. The molecule has 0 aromatic heterocycles. The van der Waals surface area contributed by atoms with Crippen molar-refractivity contribution in [3.63, 3.8) is 0 Å². The van der Waals surface area contributed by atoms with E-state index in [2.05, 4.69) is 5.32 Å². The van der Waals surface area contributed by atoms with E-state index in [1.54, 1.807) is 25.1 Å². The molecule has 27 heavy (non-hydrogen) atoms. The molecule has 0 aliphatic heterocycles. The van der Waals surface area contributed by atoms with Crippen molar-refractivity contribution in [1.82, 2.24) is 0 Å². The highest BCUT2D eigenvalue weighted by Crippen LogP contribution is 2.30. The standard InChI is InChI=1S/C18H14N2O6S/c1-11-6-7-12(10-16(11)20(22)23)18(21)19-15-8-9-17(27(24,25)26)14-5-3-2-4-13(14)15/h2-10H,1H3,(H,19,21)(H,24,25,26). The lowest BCUT2D eigenvalue weighted by atomic mass is 10.1. The predicted molar refractivity (Wildman–Crippen MR) is 99.5 cm³/mol. The van der Waals surface area contributed by atoms with E-state index in [0.717, 1.165) is 0 Å². The smallest absolute Gasteiger partial charge is 0.295 e. The molecule has 9 heteroatoms. The minimum atomic E-state index is -4.43. The summed E-state index contributed by atoms with van der Waals surface area (Å²) >= 11 is 0. The van der Waals surface area contributed by atoms with E-state index in [4.69, 9.17) is 0 Å². The lowest BCUT2D eigenvalue weighted by molar-refractivity contribution is -0.385. The number of carbonyl (C=O) groups is 1. The molecule has 0 unspecified atom stereocenters. The zero-order chi connectivity index (χ0) is 19.8. The van der Waals surface area contributed by atoms with Crippen LogP contribution in [0.15, 0.2) is 59.5 Å². The van der Waals surface area contributed by atoms with Crippen molar-refractivity contribution >= 4 is 38.2 Å². The van der Waals surface area contributed by atoms with Gasteiger partial charge in [-0.25, -0.2) is 0 Å². The van der Waals surface area contributed by atoms with E-state index < -0.39 is 20.9 Å². The van der Waals surface area contributed by atoms with Crippen LogP contribution in [0.2, 0.25) is 0 Å². The molecule has 2 N–H and O–H groups in total. The largest absolute Gasteiger partial charge is 0.321 e. The summed E-state index contributed by atoms with van der Waals surface area (Å²) in [5.74, 6) is -0.581. The maximum Gasteiger partial charge on any atom is 0.295 e. The fourth-order valence-electron chi connectivity index (χ4n) is 2.75. The molecule has 0 saturated carbocycles. The number of nitrogens with one attached hydrogen (secondary N) is 1. The molecule has 0 atom stereocenters.